The fourth-order valence-electron chi connectivity index (χ4n) is 2.82. The molecule has 1 unspecified atom stereocenters. The van der Waals surface area contributed by atoms with E-state index in [0.717, 1.165) is 25.1 Å². The number of nitrogens with one attached hydrogen (secondary N) is 2. The first-order chi connectivity index (χ1) is 14.8. The summed E-state index contributed by atoms with van der Waals surface area (Å²) in [5, 5.41) is 13.1. The van der Waals surface area contributed by atoms with Crippen molar-refractivity contribution in [1.82, 2.24) is 9.88 Å². The first-order valence-electron chi connectivity index (χ1n) is 9.36. The number of halogens is 4. The van der Waals surface area contributed by atoms with Crippen molar-refractivity contribution in [3.8, 4) is 6.07 Å². The Morgan fingerprint density at radius 3 is 2.34 bits per heavy atom. The minimum absolute atomic E-state index is 0.0736. The van der Waals surface area contributed by atoms with Crippen LogP contribution in [-0.2, 0) is 11.8 Å². The van der Waals surface area contributed by atoms with Gasteiger partial charge in [-0.25, -0.2) is 4.39 Å². The smallest absolute Gasteiger partial charge is 0.343 e. The molecule has 0 spiro atoms. The van der Waals surface area contributed by atoms with Crippen LogP contribution in [0.25, 0.3) is 0 Å². The molecular formula is C21H20F4N4O3. The second-order valence-corrected chi connectivity index (χ2v) is 7.31. The van der Waals surface area contributed by atoms with Gasteiger partial charge in [0, 0.05) is 24.0 Å². The van der Waals surface area contributed by atoms with E-state index >= 15 is 0 Å². The number of aromatic nitrogens is 1. The van der Waals surface area contributed by atoms with Gasteiger partial charge in [-0.05, 0) is 44.5 Å². The van der Waals surface area contributed by atoms with Crippen molar-refractivity contribution in [1.29, 1.82) is 5.26 Å². The van der Waals surface area contributed by atoms with Crippen LogP contribution < -0.4 is 10.6 Å². The molecule has 1 heterocycles. The molecule has 1 aromatic heterocycles. The van der Waals surface area contributed by atoms with E-state index in [0.29, 0.717) is 0 Å². The van der Waals surface area contributed by atoms with Gasteiger partial charge in [0.25, 0.3) is 17.6 Å². The van der Waals surface area contributed by atoms with Crippen LogP contribution >= 0.6 is 0 Å². The molecule has 0 aliphatic heterocycles. The van der Waals surface area contributed by atoms with Gasteiger partial charge in [0.15, 0.2) is 0 Å². The van der Waals surface area contributed by atoms with Gasteiger partial charge >= 0.3 is 6.18 Å². The zero-order valence-corrected chi connectivity index (χ0v) is 17.6. The molecule has 0 aliphatic carbocycles. The summed E-state index contributed by atoms with van der Waals surface area (Å²) in [6.45, 7) is 3.42. The fourth-order valence-corrected chi connectivity index (χ4v) is 2.82. The Hall–Kier alpha value is -3.68. The van der Waals surface area contributed by atoms with E-state index in [2.05, 4.69) is 5.32 Å². The Morgan fingerprint density at radius 1 is 1.19 bits per heavy atom. The van der Waals surface area contributed by atoms with Crippen molar-refractivity contribution >= 4 is 23.3 Å². The lowest BCUT2D eigenvalue weighted by atomic mass is 9.97. The largest absolute Gasteiger partial charge is 0.411 e. The van der Waals surface area contributed by atoms with Gasteiger partial charge in [-0.2, -0.15) is 18.4 Å². The maximum absolute atomic E-state index is 13.4. The summed E-state index contributed by atoms with van der Waals surface area (Å²) in [4.78, 5) is 37.4. The minimum atomic E-state index is -4.77. The SMILES string of the molecule is CCC(C)(NC(=O)C(=O)c1cc(C(=O)Nc2ccc(F)c(C#N)c2)n(C)c1C)C(F)(F)F. The third kappa shape index (κ3) is 4.64. The standard InChI is InChI=1S/C21H20F4N4O3/c1-5-20(3,21(23,24)25)28-19(32)17(30)14-9-16(29(4)11(14)2)18(31)27-13-6-7-15(22)12(8-13)10-26/h6-9H,5H2,1-4H3,(H,27,31)(H,28,32). The van der Waals surface area contributed by atoms with Gasteiger partial charge in [-0.3, -0.25) is 14.4 Å². The lowest BCUT2D eigenvalue weighted by molar-refractivity contribution is -0.193. The Kier molecular flexibility index (Phi) is 6.78. The summed E-state index contributed by atoms with van der Waals surface area (Å²) in [6, 6.07) is 6.06. The number of nitriles is 1. The number of alkyl halides is 3. The van der Waals surface area contributed by atoms with Gasteiger partial charge in [-0.1, -0.05) is 6.92 Å². The van der Waals surface area contributed by atoms with E-state index in [9.17, 15) is 31.9 Å². The Labute approximate surface area is 181 Å². The summed E-state index contributed by atoms with van der Waals surface area (Å²) < 4.78 is 54.5. The maximum Gasteiger partial charge on any atom is 0.411 e. The van der Waals surface area contributed by atoms with Gasteiger partial charge in [0.2, 0.25) is 0 Å². The molecule has 2 rings (SSSR count). The maximum atomic E-state index is 13.4. The highest BCUT2D eigenvalue weighted by molar-refractivity contribution is 6.43. The molecule has 1 aromatic carbocycles. The topological polar surface area (TPSA) is 104 Å². The van der Waals surface area contributed by atoms with E-state index in [-0.39, 0.29) is 28.2 Å². The number of carbonyl (C=O) groups is 3. The summed E-state index contributed by atoms with van der Waals surface area (Å²) in [5.74, 6) is -4.18. The summed E-state index contributed by atoms with van der Waals surface area (Å²) in [6.07, 6.45) is -5.26. The minimum Gasteiger partial charge on any atom is -0.343 e. The third-order valence-corrected chi connectivity index (χ3v) is 5.29. The van der Waals surface area contributed by atoms with Crippen LogP contribution in [0.2, 0.25) is 0 Å². The molecule has 0 aliphatic rings. The molecule has 11 heteroatoms. The normalized spacial score (nSPS) is 13.1. The second kappa shape index (κ2) is 8.82. The average Bonchev–Trinajstić information content (AvgIpc) is 3.02. The predicted octanol–water partition coefficient (Wildman–Crippen LogP) is 3.63. The fraction of sp³-hybridized carbons (Fsp3) is 0.333. The number of Topliss-reactive ketones (excluding diaryl/α,β-unsaturated/α-hetero) is 1. The average molecular weight is 452 g/mol. The van der Waals surface area contributed by atoms with E-state index in [1.807, 2.05) is 0 Å². The lowest BCUT2D eigenvalue weighted by Gasteiger charge is -2.31. The monoisotopic (exact) mass is 452 g/mol. The molecular weight excluding hydrogens is 432 g/mol. The predicted molar refractivity (Wildman–Crippen MR) is 106 cm³/mol. The van der Waals surface area contributed by atoms with Crippen molar-refractivity contribution < 1.29 is 31.9 Å². The highest BCUT2D eigenvalue weighted by atomic mass is 19.4. The third-order valence-electron chi connectivity index (χ3n) is 5.29. The number of nitrogens with zero attached hydrogens (tertiary/aromatic N) is 2. The molecule has 32 heavy (non-hydrogen) atoms. The van der Waals surface area contributed by atoms with Gasteiger partial charge in [-0.15, -0.1) is 0 Å². The molecule has 0 fully saturated rings. The highest BCUT2D eigenvalue weighted by Crippen LogP contribution is 2.32. The summed E-state index contributed by atoms with van der Waals surface area (Å²) >= 11 is 0. The summed E-state index contributed by atoms with van der Waals surface area (Å²) in [5.41, 5.74) is -2.91. The van der Waals surface area contributed by atoms with Crippen LogP contribution in [0.1, 0.15) is 52.4 Å². The number of ketones is 1. The Bertz CT molecular complexity index is 1130. The van der Waals surface area contributed by atoms with E-state index in [1.165, 1.54) is 31.5 Å². The van der Waals surface area contributed by atoms with E-state index < -0.39 is 41.6 Å². The first-order valence-corrected chi connectivity index (χ1v) is 9.36. The van der Waals surface area contributed by atoms with Crippen molar-refractivity contribution in [2.24, 2.45) is 7.05 Å². The molecule has 170 valence electrons. The van der Waals surface area contributed by atoms with Crippen LogP contribution in [0.3, 0.4) is 0 Å². The molecule has 0 saturated heterocycles. The highest BCUT2D eigenvalue weighted by Gasteiger charge is 2.51. The van der Waals surface area contributed by atoms with Gasteiger partial charge in [0.1, 0.15) is 23.1 Å². The van der Waals surface area contributed by atoms with Crippen LogP contribution in [0.5, 0.6) is 0 Å². The zero-order chi connectivity index (χ0) is 24.4. The number of anilines is 1. The molecule has 2 aromatic rings. The van der Waals surface area contributed by atoms with Crippen LogP contribution in [0.4, 0.5) is 23.2 Å². The molecule has 1 atom stereocenters. The van der Waals surface area contributed by atoms with Gasteiger partial charge < -0.3 is 15.2 Å². The number of hydrogen-bond acceptors (Lipinski definition) is 4. The van der Waals surface area contributed by atoms with Crippen molar-refractivity contribution in [2.75, 3.05) is 5.32 Å². The number of amides is 2. The van der Waals surface area contributed by atoms with Crippen molar-refractivity contribution in [2.45, 2.75) is 38.9 Å². The lowest BCUT2D eigenvalue weighted by Crippen LogP contribution is -2.57. The van der Waals surface area contributed by atoms with E-state index in [4.69, 9.17) is 5.26 Å². The number of hydrogen-bond donors (Lipinski definition) is 2. The number of carbonyl (C=O) groups excluding carboxylic acids is 3. The van der Waals surface area contributed by atoms with Crippen molar-refractivity contribution in [3.05, 3.63) is 52.6 Å². The number of rotatable bonds is 6. The molecule has 0 radical (unpaired) electrons. The van der Waals surface area contributed by atoms with Crippen LogP contribution in [0.15, 0.2) is 24.3 Å². The molecule has 7 nitrogen and oxygen atoms in total. The Balaban J connectivity index is 2.30. The molecule has 0 bridgehead atoms. The first kappa shape index (κ1) is 24.6. The van der Waals surface area contributed by atoms with Gasteiger partial charge in [0.05, 0.1) is 5.56 Å². The molecule has 0 saturated carbocycles. The zero-order valence-electron chi connectivity index (χ0n) is 17.6. The van der Waals surface area contributed by atoms with E-state index in [1.54, 1.807) is 11.4 Å². The van der Waals surface area contributed by atoms with Crippen LogP contribution in [-0.4, -0.2) is 33.9 Å². The Morgan fingerprint density at radius 2 is 1.81 bits per heavy atom. The molecule has 2 amide bonds. The van der Waals surface area contributed by atoms with Crippen LogP contribution in [0, 0.1) is 24.1 Å². The van der Waals surface area contributed by atoms with Crippen molar-refractivity contribution in [3.63, 3.8) is 0 Å². The molecule has 2 N–H and O–H groups in total. The number of benzene rings is 1. The summed E-state index contributed by atoms with van der Waals surface area (Å²) in [7, 11) is 1.43. The second-order valence-electron chi connectivity index (χ2n) is 7.31. The quantitative estimate of drug-likeness (QED) is 0.397.